The number of hydrogen-bond donors (Lipinski definition) is 0. The molecule has 4 nitrogen and oxygen atoms in total. The zero-order valence-electron chi connectivity index (χ0n) is 9.65. The Morgan fingerprint density at radius 3 is 2.71 bits per heavy atom. The van der Waals surface area contributed by atoms with E-state index in [1.807, 2.05) is 12.1 Å². The van der Waals surface area contributed by atoms with E-state index in [9.17, 15) is 4.79 Å². The SMILES string of the molecule is O=C(c1cc2c(o1)=CCCC=2)N1CCOCC1. The molecule has 1 aromatic heterocycles. The highest BCUT2D eigenvalue weighted by molar-refractivity contribution is 5.91. The van der Waals surface area contributed by atoms with Crippen molar-refractivity contribution in [1.29, 1.82) is 0 Å². The Kier molecular flexibility index (Phi) is 2.73. The highest BCUT2D eigenvalue weighted by Gasteiger charge is 2.21. The van der Waals surface area contributed by atoms with Crippen LogP contribution in [0, 0.1) is 0 Å². The third kappa shape index (κ3) is 2.00. The lowest BCUT2D eigenvalue weighted by molar-refractivity contribution is 0.0282. The Labute approximate surface area is 99.2 Å². The number of nitrogens with zero attached hydrogens (tertiary/aromatic N) is 1. The molecule has 2 aliphatic rings. The number of morpholine rings is 1. The quantitative estimate of drug-likeness (QED) is 0.691. The third-order valence-electron chi connectivity index (χ3n) is 3.16. The van der Waals surface area contributed by atoms with E-state index in [1.165, 1.54) is 0 Å². The van der Waals surface area contributed by atoms with Crippen molar-refractivity contribution >= 4 is 18.1 Å². The summed E-state index contributed by atoms with van der Waals surface area (Å²) in [7, 11) is 0. The monoisotopic (exact) mass is 233 g/mol. The van der Waals surface area contributed by atoms with Crippen molar-refractivity contribution in [1.82, 2.24) is 4.90 Å². The number of furan rings is 1. The van der Waals surface area contributed by atoms with Gasteiger partial charge in [-0.15, -0.1) is 0 Å². The van der Waals surface area contributed by atoms with Gasteiger partial charge in [0.1, 0.15) is 5.42 Å². The molecular formula is C13H15NO3. The second-order valence-corrected chi connectivity index (χ2v) is 4.32. The van der Waals surface area contributed by atoms with Crippen LogP contribution in [0.25, 0.3) is 12.2 Å². The maximum atomic E-state index is 12.2. The first-order chi connectivity index (χ1) is 8.34. The molecule has 0 aromatic carbocycles. The molecule has 1 aliphatic heterocycles. The summed E-state index contributed by atoms with van der Waals surface area (Å²) in [6, 6.07) is 1.85. The van der Waals surface area contributed by atoms with E-state index < -0.39 is 0 Å². The summed E-state index contributed by atoms with van der Waals surface area (Å²) in [5.74, 6) is 0.427. The van der Waals surface area contributed by atoms with E-state index in [0.717, 1.165) is 23.5 Å². The number of carbonyl (C=O) groups is 1. The van der Waals surface area contributed by atoms with Gasteiger partial charge in [-0.2, -0.15) is 0 Å². The first kappa shape index (κ1) is 10.6. The standard InChI is InChI=1S/C13H15NO3/c15-13(14-5-7-16-8-6-14)12-9-10-3-1-2-4-11(10)17-12/h3-4,9H,1-2,5-8H2. The highest BCUT2D eigenvalue weighted by Crippen LogP contribution is 2.05. The molecule has 17 heavy (non-hydrogen) atoms. The normalized spacial score (nSPS) is 19.2. The predicted molar refractivity (Wildman–Crippen MR) is 62.8 cm³/mol. The predicted octanol–water partition coefficient (Wildman–Crippen LogP) is 0.107. The average molecular weight is 233 g/mol. The summed E-state index contributed by atoms with van der Waals surface area (Å²) in [4.78, 5) is 14.0. The molecule has 0 saturated carbocycles. The van der Waals surface area contributed by atoms with Crippen LogP contribution in [0.5, 0.6) is 0 Å². The molecule has 1 amide bonds. The average Bonchev–Trinajstić information content (AvgIpc) is 2.82. The van der Waals surface area contributed by atoms with E-state index in [0.29, 0.717) is 32.1 Å². The number of amides is 1. The fourth-order valence-electron chi connectivity index (χ4n) is 2.22. The van der Waals surface area contributed by atoms with Gasteiger partial charge in [0.15, 0.2) is 5.76 Å². The Hall–Kier alpha value is -1.55. The molecule has 4 heteroatoms. The Bertz CT molecular complexity index is 504. The number of rotatable bonds is 1. The topological polar surface area (TPSA) is 42.7 Å². The molecule has 0 N–H and O–H groups in total. The smallest absolute Gasteiger partial charge is 0.289 e. The van der Waals surface area contributed by atoms with Gasteiger partial charge in [0, 0.05) is 18.3 Å². The fourth-order valence-corrected chi connectivity index (χ4v) is 2.22. The van der Waals surface area contributed by atoms with Gasteiger partial charge in [-0.25, -0.2) is 0 Å². The highest BCUT2D eigenvalue weighted by atomic mass is 16.5. The number of ether oxygens (including phenoxy) is 1. The van der Waals surface area contributed by atoms with Gasteiger partial charge in [-0.05, 0) is 25.0 Å². The number of carbonyl (C=O) groups excluding carboxylic acids is 1. The molecule has 1 aromatic rings. The minimum absolute atomic E-state index is 0.0236. The largest absolute Gasteiger partial charge is 0.451 e. The van der Waals surface area contributed by atoms with E-state index in [1.54, 1.807) is 4.90 Å². The molecule has 0 atom stereocenters. The van der Waals surface area contributed by atoms with E-state index >= 15 is 0 Å². The van der Waals surface area contributed by atoms with Gasteiger partial charge in [0.2, 0.25) is 0 Å². The van der Waals surface area contributed by atoms with Crippen molar-refractivity contribution in [2.24, 2.45) is 0 Å². The maximum Gasteiger partial charge on any atom is 0.289 e. The molecule has 0 radical (unpaired) electrons. The van der Waals surface area contributed by atoms with Crippen molar-refractivity contribution in [2.75, 3.05) is 26.3 Å². The molecule has 2 heterocycles. The maximum absolute atomic E-state index is 12.2. The van der Waals surface area contributed by atoms with Crippen LogP contribution < -0.4 is 10.6 Å². The zero-order valence-corrected chi connectivity index (χ0v) is 9.65. The summed E-state index contributed by atoms with van der Waals surface area (Å²) in [6.07, 6.45) is 6.18. The lowest BCUT2D eigenvalue weighted by Crippen LogP contribution is -2.40. The number of hydrogen-bond acceptors (Lipinski definition) is 3. The third-order valence-corrected chi connectivity index (χ3v) is 3.16. The molecule has 1 aliphatic carbocycles. The Morgan fingerprint density at radius 1 is 1.18 bits per heavy atom. The van der Waals surface area contributed by atoms with Gasteiger partial charge in [0.25, 0.3) is 5.91 Å². The molecule has 0 unspecified atom stereocenters. The van der Waals surface area contributed by atoms with E-state index in [4.69, 9.17) is 9.15 Å². The lowest BCUT2D eigenvalue weighted by atomic mass is 10.2. The van der Waals surface area contributed by atoms with Crippen molar-refractivity contribution in [3.63, 3.8) is 0 Å². The van der Waals surface area contributed by atoms with Crippen LogP contribution in [-0.2, 0) is 4.74 Å². The minimum Gasteiger partial charge on any atom is -0.451 e. The van der Waals surface area contributed by atoms with Crippen molar-refractivity contribution in [3.8, 4) is 0 Å². The number of fused-ring (bicyclic) bond motifs is 1. The summed E-state index contributed by atoms with van der Waals surface area (Å²) >= 11 is 0. The molecule has 3 rings (SSSR count). The lowest BCUT2D eigenvalue weighted by Gasteiger charge is -2.25. The molecule has 90 valence electrons. The van der Waals surface area contributed by atoms with Gasteiger partial charge in [-0.3, -0.25) is 4.79 Å². The Morgan fingerprint density at radius 2 is 1.94 bits per heavy atom. The molecule has 0 spiro atoms. The minimum atomic E-state index is -0.0236. The van der Waals surface area contributed by atoms with E-state index in [2.05, 4.69) is 6.08 Å². The zero-order chi connectivity index (χ0) is 11.7. The van der Waals surface area contributed by atoms with Crippen LogP contribution in [0.1, 0.15) is 23.4 Å². The van der Waals surface area contributed by atoms with Crippen molar-refractivity contribution < 1.29 is 13.9 Å². The summed E-state index contributed by atoms with van der Waals surface area (Å²) in [5.41, 5.74) is 0.841. The van der Waals surface area contributed by atoms with Gasteiger partial charge >= 0.3 is 0 Å². The molecule has 1 saturated heterocycles. The van der Waals surface area contributed by atoms with E-state index in [-0.39, 0.29) is 5.91 Å². The fraction of sp³-hybridized carbons (Fsp3) is 0.462. The Balaban J connectivity index is 1.89. The first-order valence-corrected chi connectivity index (χ1v) is 6.02. The summed E-state index contributed by atoms with van der Waals surface area (Å²) in [6.45, 7) is 2.53. The van der Waals surface area contributed by atoms with Gasteiger partial charge < -0.3 is 14.1 Å². The van der Waals surface area contributed by atoms with Crippen molar-refractivity contribution in [2.45, 2.75) is 12.8 Å². The van der Waals surface area contributed by atoms with Gasteiger partial charge in [-0.1, -0.05) is 6.08 Å². The van der Waals surface area contributed by atoms with Crippen LogP contribution in [-0.4, -0.2) is 37.1 Å². The van der Waals surface area contributed by atoms with Crippen LogP contribution in [0.2, 0.25) is 0 Å². The summed E-state index contributed by atoms with van der Waals surface area (Å²) in [5, 5.41) is 1.05. The second kappa shape index (κ2) is 4.37. The summed E-state index contributed by atoms with van der Waals surface area (Å²) < 4.78 is 10.8. The van der Waals surface area contributed by atoms with Crippen LogP contribution >= 0.6 is 0 Å². The van der Waals surface area contributed by atoms with Crippen LogP contribution in [0.4, 0.5) is 0 Å². The molecular weight excluding hydrogens is 218 g/mol. The van der Waals surface area contributed by atoms with Crippen LogP contribution in [0.15, 0.2) is 10.5 Å². The molecule has 1 fully saturated rings. The first-order valence-electron chi connectivity index (χ1n) is 6.02. The second-order valence-electron chi connectivity index (χ2n) is 4.32. The molecule has 0 bridgehead atoms. The van der Waals surface area contributed by atoms with Gasteiger partial charge in [0.05, 0.1) is 13.2 Å². The van der Waals surface area contributed by atoms with Crippen LogP contribution in [0.3, 0.4) is 0 Å². The van der Waals surface area contributed by atoms with Crippen molar-refractivity contribution in [3.05, 3.63) is 22.5 Å².